The predicted octanol–water partition coefficient (Wildman–Crippen LogP) is 0.808. The highest BCUT2D eigenvalue weighted by molar-refractivity contribution is 5.92. The first-order chi connectivity index (χ1) is 8.28. The number of ether oxygens (including phenoxy) is 2. The fourth-order valence-electron chi connectivity index (χ4n) is 1.24. The molecule has 1 aromatic heterocycles. The maximum absolute atomic E-state index is 12.0. The smallest absolute Gasteiger partial charge is 0.465 e. The first-order valence-electron chi connectivity index (χ1n) is 4.62. The highest BCUT2D eigenvalue weighted by Crippen LogP contribution is 2.26. The number of rotatable bonds is 3. The normalized spacial score (nSPS) is 11.2. The maximum atomic E-state index is 12.0. The Balaban J connectivity index is 3.26. The maximum Gasteiger partial charge on any atom is 0.574 e. The van der Waals surface area contributed by atoms with E-state index >= 15 is 0 Å². The SMILES string of the molecule is COC(=O)c1cc(OC(F)(F)F)nc(N)c1CN. The molecular formula is C9H10F3N3O3. The van der Waals surface area contributed by atoms with Crippen LogP contribution in [0.1, 0.15) is 15.9 Å². The van der Waals surface area contributed by atoms with Gasteiger partial charge in [-0.25, -0.2) is 4.79 Å². The zero-order chi connectivity index (χ0) is 13.9. The first kappa shape index (κ1) is 14.0. The number of nitrogens with zero attached hydrogens (tertiary/aromatic N) is 1. The highest BCUT2D eigenvalue weighted by Gasteiger charge is 2.32. The Morgan fingerprint density at radius 2 is 2.11 bits per heavy atom. The van der Waals surface area contributed by atoms with Gasteiger partial charge in [-0.2, -0.15) is 4.98 Å². The topological polar surface area (TPSA) is 100 Å². The molecule has 0 bridgehead atoms. The second-order valence-corrected chi connectivity index (χ2v) is 3.12. The molecule has 1 aromatic rings. The third-order valence-electron chi connectivity index (χ3n) is 1.96. The molecule has 1 rings (SSSR count). The van der Waals surface area contributed by atoms with E-state index in [0.717, 1.165) is 13.2 Å². The molecule has 0 aliphatic carbocycles. The lowest BCUT2D eigenvalue weighted by atomic mass is 10.1. The Morgan fingerprint density at radius 1 is 1.50 bits per heavy atom. The summed E-state index contributed by atoms with van der Waals surface area (Å²) in [5.41, 5.74) is 10.6. The minimum Gasteiger partial charge on any atom is -0.465 e. The van der Waals surface area contributed by atoms with E-state index in [1.54, 1.807) is 0 Å². The predicted molar refractivity (Wildman–Crippen MR) is 54.6 cm³/mol. The second-order valence-electron chi connectivity index (χ2n) is 3.12. The van der Waals surface area contributed by atoms with Crippen LogP contribution in [0.4, 0.5) is 19.0 Å². The van der Waals surface area contributed by atoms with Crippen molar-refractivity contribution < 1.29 is 27.4 Å². The van der Waals surface area contributed by atoms with Crippen LogP contribution in [-0.4, -0.2) is 24.4 Å². The van der Waals surface area contributed by atoms with E-state index in [-0.39, 0.29) is 23.5 Å². The summed E-state index contributed by atoms with van der Waals surface area (Å²) in [6.07, 6.45) is -4.93. The van der Waals surface area contributed by atoms with Crippen molar-refractivity contribution in [1.82, 2.24) is 4.98 Å². The summed E-state index contributed by atoms with van der Waals surface area (Å²) in [4.78, 5) is 14.7. The zero-order valence-corrected chi connectivity index (χ0v) is 9.25. The van der Waals surface area contributed by atoms with Gasteiger partial charge in [0.2, 0.25) is 5.88 Å². The van der Waals surface area contributed by atoms with E-state index in [1.165, 1.54) is 0 Å². The summed E-state index contributed by atoms with van der Waals surface area (Å²) in [6.45, 7) is -0.171. The Morgan fingerprint density at radius 3 is 2.56 bits per heavy atom. The number of alkyl halides is 3. The van der Waals surface area contributed by atoms with Crippen molar-refractivity contribution in [1.29, 1.82) is 0 Å². The Kier molecular flexibility index (Phi) is 3.96. The molecule has 6 nitrogen and oxygen atoms in total. The summed E-state index contributed by atoms with van der Waals surface area (Å²) in [5, 5.41) is 0. The van der Waals surface area contributed by atoms with E-state index in [9.17, 15) is 18.0 Å². The molecule has 0 saturated carbocycles. The molecule has 0 atom stereocenters. The molecule has 9 heteroatoms. The number of carbonyl (C=O) groups is 1. The number of halogens is 3. The monoisotopic (exact) mass is 265 g/mol. The van der Waals surface area contributed by atoms with Crippen LogP contribution in [0.25, 0.3) is 0 Å². The van der Waals surface area contributed by atoms with Crippen LogP contribution >= 0.6 is 0 Å². The van der Waals surface area contributed by atoms with E-state index in [4.69, 9.17) is 11.5 Å². The molecule has 0 aliphatic rings. The van der Waals surface area contributed by atoms with Crippen LogP contribution < -0.4 is 16.2 Å². The Labute approximate surface area is 99.7 Å². The van der Waals surface area contributed by atoms with Crippen LogP contribution in [0.2, 0.25) is 0 Å². The van der Waals surface area contributed by atoms with Gasteiger partial charge in [0, 0.05) is 18.2 Å². The Bertz CT molecular complexity index is 462. The molecule has 0 unspecified atom stereocenters. The van der Waals surface area contributed by atoms with Crippen molar-refractivity contribution in [2.75, 3.05) is 12.8 Å². The van der Waals surface area contributed by atoms with Crippen molar-refractivity contribution in [3.8, 4) is 5.88 Å². The molecule has 0 saturated heterocycles. The molecule has 0 aromatic carbocycles. The number of nitrogen functional groups attached to an aromatic ring is 1. The molecule has 0 fully saturated rings. The molecule has 100 valence electrons. The highest BCUT2D eigenvalue weighted by atomic mass is 19.4. The van der Waals surface area contributed by atoms with Crippen molar-refractivity contribution in [3.63, 3.8) is 0 Å². The fourth-order valence-corrected chi connectivity index (χ4v) is 1.24. The van der Waals surface area contributed by atoms with Gasteiger partial charge in [-0.3, -0.25) is 0 Å². The van der Waals surface area contributed by atoms with Gasteiger partial charge in [-0.15, -0.1) is 13.2 Å². The summed E-state index contributed by atoms with van der Waals surface area (Å²) < 4.78 is 44.1. The molecule has 0 aliphatic heterocycles. The minimum absolute atomic E-state index is 0.0939. The molecule has 0 spiro atoms. The average molecular weight is 265 g/mol. The van der Waals surface area contributed by atoms with Gasteiger partial charge in [0.15, 0.2) is 0 Å². The number of pyridine rings is 1. The zero-order valence-electron chi connectivity index (χ0n) is 9.25. The fraction of sp³-hybridized carbons (Fsp3) is 0.333. The van der Waals surface area contributed by atoms with Crippen molar-refractivity contribution in [2.24, 2.45) is 5.73 Å². The van der Waals surface area contributed by atoms with E-state index in [1.807, 2.05) is 0 Å². The van der Waals surface area contributed by atoms with Gasteiger partial charge < -0.3 is 20.9 Å². The molecule has 0 amide bonds. The number of anilines is 1. The lowest BCUT2D eigenvalue weighted by Gasteiger charge is -2.12. The van der Waals surface area contributed by atoms with Crippen LogP contribution in [0, 0.1) is 0 Å². The van der Waals surface area contributed by atoms with Crippen LogP contribution in [0.15, 0.2) is 6.07 Å². The molecule has 4 N–H and O–H groups in total. The van der Waals surface area contributed by atoms with Crippen LogP contribution in [-0.2, 0) is 11.3 Å². The van der Waals surface area contributed by atoms with Gasteiger partial charge in [-0.1, -0.05) is 0 Å². The Hall–Kier alpha value is -2.03. The van der Waals surface area contributed by atoms with Gasteiger partial charge in [0.1, 0.15) is 5.82 Å². The van der Waals surface area contributed by atoms with E-state index in [2.05, 4.69) is 14.5 Å². The minimum atomic E-state index is -4.93. The van der Waals surface area contributed by atoms with E-state index in [0.29, 0.717) is 0 Å². The number of carbonyl (C=O) groups excluding carboxylic acids is 1. The molecular weight excluding hydrogens is 255 g/mol. The van der Waals surface area contributed by atoms with Crippen LogP contribution in [0.5, 0.6) is 5.88 Å². The number of hydrogen-bond acceptors (Lipinski definition) is 6. The lowest BCUT2D eigenvalue weighted by molar-refractivity contribution is -0.276. The molecule has 18 heavy (non-hydrogen) atoms. The third-order valence-corrected chi connectivity index (χ3v) is 1.96. The molecule has 0 radical (unpaired) electrons. The average Bonchev–Trinajstić information content (AvgIpc) is 2.25. The van der Waals surface area contributed by atoms with Crippen molar-refractivity contribution >= 4 is 11.8 Å². The summed E-state index contributed by atoms with van der Waals surface area (Å²) in [5.74, 6) is -2.05. The van der Waals surface area contributed by atoms with Gasteiger partial charge in [0.05, 0.1) is 12.7 Å². The number of nitrogens with two attached hydrogens (primary N) is 2. The van der Waals surface area contributed by atoms with Crippen molar-refractivity contribution in [2.45, 2.75) is 12.9 Å². The first-order valence-corrected chi connectivity index (χ1v) is 4.62. The van der Waals surface area contributed by atoms with Crippen molar-refractivity contribution in [3.05, 3.63) is 17.2 Å². The van der Waals surface area contributed by atoms with Gasteiger partial charge in [-0.05, 0) is 0 Å². The summed E-state index contributed by atoms with van der Waals surface area (Å²) in [7, 11) is 1.07. The standard InChI is InChI=1S/C9H10F3N3O3/c1-17-8(16)4-2-6(18-9(10,11)12)15-7(14)5(4)3-13/h2H,3,13H2,1H3,(H2,14,15). The largest absolute Gasteiger partial charge is 0.574 e. The lowest BCUT2D eigenvalue weighted by Crippen LogP contribution is -2.20. The van der Waals surface area contributed by atoms with Gasteiger partial charge >= 0.3 is 12.3 Å². The number of esters is 1. The quantitative estimate of drug-likeness (QED) is 0.784. The number of aromatic nitrogens is 1. The van der Waals surface area contributed by atoms with Gasteiger partial charge in [0.25, 0.3) is 0 Å². The van der Waals surface area contributed by atoms with E-state index < -0.39 is 18.2 Å². The molecule has 1 heterocycles. The number of methoxy groups -OCH3 is 1. The van der Waals surface area contributed by atoms with Crippen LogP contribution in [0.3, 0.4) is 0 Å². The third kappa shape index (κ3) is 3.23. The second kappa shape index (κ2) is 5.08. The summed E-state index contributed by atoms with van der Waals surface area (Å²) >= 11 is 0. The summed E-state index contributed by atoms with van der Waals surface area (Å²) in [6, 6.07) is 0.776. The number of hydrogen-bond donors (Lipinski definition) is 2.